The van der Waals surface area contributed by atoms with E-state index in [0.29, 0.717) is 23.7 Å². The monoisotopic (exact) mass is 288 g/mol. The van der Waals surface area contributed by atoms with Crippen molar-refractivity contribution < 1.29 is 13.9 Å². The molecule has 0 fully saturated rings. The summed E-state index contributed by atoms with van der Waals surface area (Å²) < 4.78 is 18.3. The number of amides is 1. The molecule has 1 unspecified atom stereocenters. The van der Waals surface area contributed by atoms with E-state index < -0.39 is 6.04 Å². The molecule has 1 aromatic rings. The van der Waals surface area contributed by atoms with Crippen molar-refractivity contribution in [1.82, 2.24) is 10.6 Å². The van der Waals surface area contributed by atoms with Gasteiger partial charge in [0.05, 0.1) is 12.6 Å². The van der Waals surface area contributed by atoms with Gasteiger partial charge in [-0.1, -0.05) is 11.6 Å². The molecule has 0 saturated carbocycles. The van der Waals surface area contributed by atoms with Crippen LogP contribution >= 0.6 is 11.6 Å². The van der Waals surface area contributed by atoms with E-state index in [-0.39, 0.29) is 18.3 Å². The quantitative estimate of drug-likeness (QED) is 0.751. The molecule has 0 bridgehead atoms. The third-order valence-electron chi connectivity index (χ3n) is 2.61. The Balaban J connectivity index is 2.42. The van der Waals surface area contributed by atoms with Crippen LogP contribution < -0.4 is 10.6 Å². The van der Waals surface area contributed by atoms with Crippen molar-refractivity contribution in [2.45, 2.75) is 19.5 Å². The Morgan fingerprint density at radius 3 is 2.95 bits per heavy atom. The zero-order valence-electron chi connectivity index (χ0n) is 11.0. The fraction of sp³-hybridized carbons (Fsp3) is 0.462. The predicted molar refractivity (Wildman–Crippen MR) is 72.6 cm³/mol. The minimum absolute atomic E-state index is 0.153. The minimum Gasteiger partial charge on any atom is -0.383 e. The predicted octanol–water partition coefficient (Wildman–Crippen LogP) is 1.72. The molecule has 0 saturated heterocycles. The van der Waals surface area contributed by atoms with Gasteiger partial charge in [-0.15, -0.1) is 0 Å². The highest BCUT2D eigenvalue weighted by atomic mass is 35.5. The van der Waals surface area contributed by atoms with Gasteiger partial charge in [-0.25, -0.2) is 4.39 Å². The standard InChI is InChI=1S/C13H18ClFN2O2/c1-9(13(18)16-5-6-19-2)17-8-10-7-11(14)3-4-12(10)15/h3-4,7,9,17H,5-6,8H2,1-2H3,(H,16,18). The molecule has 0 radical (unpaired) electrons. The van der Waals surface area contributed by atoms with E-state index in [1.54, 1.807) is 20.1 Å². The van der Waals surface area contributed by atoms with E-state index in [9.17, 15) is 9.18 Å². The average Bonchev–Trinajstić information content (AvgIpc) is 2.39. The van der Waals surface area contributed by atoms with Crippen LogP contribution in [0.15, 0.2) is 18.2 Å². The smallest absolute Gasteiger partial charge is 0.236 e. The first kappa shape index (κ1) is 15.9. The number of rotatable bonds is 7. The van der Waals surface area contributed by atoms with Gasteiger partial charge in [-0.3, -0.25) is 4.79 Å². The summed E-state index contributed by atoms with van der Waals surface area (Å²) in [4.78, 5) is 11.6. The summed E-state index contributed by atoms with van der Waals surface area (Å²) in [7, 11) is 1.57. The molecule has 0 aliphatic heterocycles. The zero-order valence-corrected chi connectivity index (χ0v) is 11.8. The molecule has 0 heterocycles. The number of carbonyl (C=O) groups is 1. The molecule has 106 valence electrons. The number of halogens is 2. The molecule has 4 nitrogen and oxygen atoms in total. The fourth-order valence-electron chi connectivity index (χ4n) is 1.46. The molecule has 0 aliphatic carbocycles. The maximum atomic E-state index is 13.5. The van der Waals surface area contributed by atoms with E-state index >= 15 is 0 Å². The topological polar surface area (TPSA) is 50.4 Å². The molecule has 2 N–H and O–H groups in total. The van der Waals surface area contributed by atoms with Crippen LogP contribution in [0, 0.1) is 5.82 Å². The van der Waals surface area contributed by atoms with E-state index in [0.717, 1.165) is 0 Å². The summed E-state index contributed by atoms with van der Waals surface area (Å²) in [5, 5.41) is 6.11. The average molecular weight is 289 g/mol. The fourth-order valence-corrected chi connectivity index (χ4v) is 1.66. The van der Waals surface area contributed by atoms with Gasteiger partial charge in [-0.2, -0.15) is 0 Å². The van der Waals surface area contributed by atoms with Crippen LogP contribution in [0.2, 0.25) is 5.02 Å². The van der Waals surface area contributed by atoms with Crippen LogP contribution in [-0.2, 0) is 16.1 Å². The number of hydrogen-bond acceptors (Lipinski definition) is 3. The van der Waals surface area contributed by atoms with Gasteiger partial charge in [-0.05, 0) is 25.1 Å². The lowest BCUT2D eigenvalue weighted by Gasteiger charge is -2.14. The van der Waals surface area contributed by atoms with Crippen LogP contribution in [0.3, 0.4) is 0 Å². The van der Waals surface area contributed by atoms with Gasteiger partial charge in [0.2, 0.25) is 5.91 Å². The highest BCUT2D eigenvalue weighted by Crippen LogP contribution is 2.14. The van der Waals surface area contributed by atoms with Gasteiger partial charge in [0.15, 0.2) is 0 Å². The molecule has 19 heavy (non-hydrogen) atoms. The van der Waals surface area contributed by atoms with Gasteiger partial charge in [0.1, 0.15) is 5.82 Å². The second-order valence-corrected chi connectivity index (χ2v) is 4.56. The minimum atomic E-state index is -0.421. The van der Waals surface area contributed by atoms with E-state index in [2.05, 4.69) is 10.6 Å². The first-order valence-electron chi connectivity index (χ1n) is 5.98. The van der Waals surface area contributed by atoms with Crippen molar-refractivity contribution in [3.05, 3.63) is 34.6 Å². The molecule has 0 aromatic heterocycles. The van der Waals surface area contributed by atoms with Crippen molar-refractivity contribution in [2.24, 2.45) is 0 Å². The largest absolute Gasteiger partial charge is 0.383 e. The number of methoxy groups -OCH3 is 1. The maximum absolute atomic E-state index is 13.5. The highest BCUT2D eigenvalue weighted by Gasteiger charge is 2.12. The van der Waals surface area contributed by atoms with Crippen LogP contribution in [0.25, 0.3) is 0 Å². The number of nitrogens with one attached hydrogen (secondary N) is 2. The number of hydrogen-bond donors (Lipinski definition) is 2. The maximum Gasteiger partial charge on any atom is 0.236 e. The molecule has 0 spiro atoms. The van der Waals surface area contributed by atoms with Gasteiger partial charge in [0, 0.05) is 30.8 Å². The van der Waals surface area contributed by atoms with E-state index in [4.69, 9.17) is 16.3 Å². The summed E-state index contributed by atoms with van der Waals surface area (Å²) in [5.41, 5.74) is 0.434. The lowest BCUT2D eigenvalue weighted by atomic mass is 10.2. The molecule has 1 amide bonds. The summed E-state index contributed by atoms with van der Waals surface area (Å²) in [5.74, 6) is -0.497. The van der Waals surface area contributed by atoms with Crippen molar-refractivity contribution in [2.75, 3.05) is 20.3 Å². The summed E-state index contributed by atoms with van der Waals surface area (Å²) >= 11 is 5.79. The SMILES string of the molecule is COCCNC(=O)C(C)NCc1cc(Cl)ccc1F. The van der Waals surface area contributed by atoms with Crippen LogP contribution in [0.4, 0.5) is 4.39 Å². The highest BCUT2D eigenvalue weighted by molar-refractivity contribution is 6.30. The Kier molecular flexibility index (Phi) is 6.77. The number of carbonyl (C=O) groups excluding carboxylic acids is 1. The molecule has 6 heteroatoms. The van der Waals surface area contributed by atoms with Crippen molar-refractivity contribution in [3.8, 4) is 0 Å². The lowest BCUT2D eigenvalue weighted by Crippen LogP contribution is -2.42. The third-order valence-corrected chi connectivity index (χ3v) is 2.84. The van der Waals surface area contributed by atoms with E-state index in [1.165, 1.54) is 12.1 Å². The van der Waals surface area contributed by atoms with Gasteiger partial charge < -0.3 is 15.4 Å². The molecule has 1 atom stereocenters. The number of benzene rings is 1. The Morgan fingerprint density at radius 2 is 2.26 bits per heavy atom. The zero-order chi connectivity index (χ0) is 14.3. The van der Waals surface area contributed by atoms with Crippen molar-refractivity contribution in [1.29, 1.82) is 0 Å². The molecule has 1 rings (SSSR count). The van der Waals surface area contributed by atoms with Crippen LogP contribution in [0.1, 0.15) is 12.5 Å². The number of ether oxygens (including phenoxy) is 1. The van der Waals surface area contributed by atoms with Crippen molar-refractivity contribution >= 4 is 17.5 Å². The summed E-state index contributed by atoms with van der Waals surface area (Å²) in [6.45, 7) is 2.87. The molecule has 1 aromatic carbocycles. The first-order valence-corrected chi connectivity index (χ1v) is 6.36. The lowest BCUT2D eigenvalue weighted by molar-refractivity contribution is -0.123. The Morgan fingerprint density at radius 1 is 1.53 bits per heavy atom. The van der Waals surface area contributed by atoms with Crippen LogP contribution in [0.5, 0.6) is 0 Å². The van der Waals surface area contributed by atoms with Gasteiger partial charge >= 0.3 is 0 Å². The summed E-state index contributed by atoms with van der Waals surface area (Å²) in [6, 6.07) is 3.92. The molecular formula is C13H18ClFN2O2. The third kappa shape index (κ3) is 5.55. The Hall–Kier alpha value is -1.17. The van der Waals surface area contributed by atoms with Gasteiger partial charge in [0.25, 0.3) is 0 Å². The van der Waals surface area contributed by atoms with Crippen molar-refractivity contribution in [3.63, 3.8) is 0 Å². The summed E-state index contributed by atoms with van der Waals surface area (Å²) in [6.07, 6.45) is 0. The first-order chi connectivity index (χ1) is 9.04. The Labute approximate surface area is 117 Å². The second-order valence-electron chi connectivity index (χ2n) is 4.12. The van der Waals surface area contributed by atoms with E-state index in [1.807, 2.05) is 0 Å². The molecule has 0 aliphatic rings. The molecular weight excluding hydrogens is 271 g/mol. The second kappa shape index (κ2) is 8.09. The Bertz CT molecular complexity index is 429. The van der Waals surface area contributed by atoms with Crippen LogP contribution in [-0.4, -0.2) is 32.2 Å². The normalized spacial score (nSPS) is 12.2.